The fourth-order valence-corrected chi connectivity index (χ4v) is 5.87. The highest BCUT2D eigenvalue weighted by Gasteiger charge is 2.09. The largest absolute Gasteiger partial charge is 0.398 e. The second kappa shape index (κ2) is 23.8. The maximum absolute atomic E-state index is 10.9. The fourth-order valence-electron chi connectivity index (χ4n) is 5.19. The topological polar surface area (TPSA) is 271 Å². The Hall–Kier alpha value is -6.72. The maximum atomic E-state index is 10.9. The second-order valence-electron chi connectivity index (χ2n) is 12.3. The molecule has 312 valence electrons. The van der Waals surface area contributed by atoms with Gasteiger partial charge in [0.2, 0.25) is 17.7 Å². The van der Waals surface area contributed by atoms with E-state index in [9.17, 15) is 14.4 Å². The lowest BCUT2D eigenvalue weighted by molar-refractivity contribution is -0.117. The van der Waals surface area contributed by atoms with Gasteiger partial charge in [0.05, 0.1) is 23.6 Å². The van der Waals surface area contributed by atoms with Crippen LogP contribution in [-0.2, 0) is 14.4 Å². The summed E-state index contributed by atoms with van der Waals surface area (Å²) in [6, 6.07) is 28.1. The molecule has 7 aromatic rings. The van der Waals surface area contributed by atoms with Gasteiger partial charge in [-0.25, -0.2) is 15.0 Å². The summed E-state index contributed by atoms with van der Waals surface area (Å²) in [7, 11) is 0. The number of primary amides is 3. The van der Waals surface area contributed by atoms with E-state index in [4.69, 9.17) is 57.4 Å². The van der Waals surface area contributed by atoms with Crippen LogP contribution >= 0.6 is 50.7 Å². The third-order valence-electron chi connectivity index (χ3n) is 8.01. The number of nitrogens with zero attached hydrogens (tertiary/aromatic N) is 5. The predicted molar refractivity (Wildman–Crippen MR) is 248 cm³/mol. The number of amides is 3. The van der Waals surface area contributed by atoms with E-state index in [-0.39, 0.29) is 24.3 Å². The van der Waals surface area contributed by atoms with E-state index in [0.29, 0.717) is 32.4 Å². The Labute approximate surface area is 373 Å². The van der Waals surface area contributed by atoms with Crippen molar-refractivity contribution in [1.29, 1.82) is 5.41 Å². The van der Waals surface area contributed by atoms with Crippen LogP contribution in [0, 0.1) is 5.41 Å². The number of nitrogen functional groups attached to an aromatic ring is 1. The molecule has 61 heavy (non-hydrogen) atoms. The van der Waals surface area contributed by atoms with Gasteiger partial charge in [0.25, 0.3) is 0 Å². The van der Waals surface area contributed by atoms with E-state index in [1.165, 1.54) is 12.4 Å². The van der Waals surface area contributed by atoms with Crippen LogP contribution in [0.15, 0.2) is 121 Å². The third-order valence-corrected chi connectivity index (χ3v) is 9.47. The van der Waals surface area contributed by atoms with Crippen LogP contribution in [0.4, 0.5) is 11.4 Å². The van der Waals surface area contributed by atoms with E-state index in [2.05, 4.69) is 57.1 Å². The van der Waals surface area contributed by atoms with E-state index in [1.807, 2.05) is 60.7 Å². The molecule has 0 unspecified atom stereocenters. The summed E-state index contributed by atoms with van der Waals surface area (Å²) in [5, 5.41) is 19.9. The number of alkyl halides is 1. The molecule has 0 bridgehead atoms. The Kier molecular flexibility index (Phi) is 18.3. The van der Waals surface area contributed by atoms with Crippen molar-refractivity contribution in [2.75, 3.05) is 29.5 Å². The Morgan fingerprint density at radius 3 is 1.70 bits per heavy atom. The number of halogens is 4. The standard InChI is InChI=1S/2C14H13ClN4O.C12H8ClN3.C2H4BrNO/c15-14-11(2-1-5-19-14)9-3-4-10(12(16)6-9)7-18-8-13(17)20;15-14-11(2-1-5-18-14)9-3-4-10(7-16)12(6-9)19-8-13(17)20;13-12-10(2-1-5-14-12)8-3-4-9-7-15-16-11(9)6-8;3-1-2(4)5/h1-7H,8,16H2,(H2,17,20);1-7,16,19H,8H2,(H2,17,20);1-7H,(H,15,16);1H2,(H2,4,5). The van der Waals surface area contributed by atoms with Crippen molar-refractivity contribution in [3.05, 3.63) is 142 Å². The van der Waals surface area contributed by atoms with Gasteiger partial charge < -0.3 is 33.7 Å². The molecule has 0 atom stereocenters. The van der Waals surface area contributed by atoms with Gasteiger partial charge in [0, 0.05) is 75.6 Å². The van der Waals surface area contributed by atoms with Crippen molar-refractivity contribution in [1.82, 2.24) is 25.1 Å². The Balaban J connectivity index is 0.000000191. The van der Waals surface area contributed by atoms with Gasteiger partial charge in [-0.15, -0.1) is 0 Å². The van der Waals surface area contributed by atoms with Crippen molar-refractivity contribution in [3.8, 4) is 33.4 Å². The molecule has 19 heteroatoms. The molecular weight excluding hydrogens is 907 g/mol. The predicted octanol–water partition coefficient (Wildman–Crippen LogP) is 7.33. The first kappa shape index (κ1) is 47.0. The van der Waals surface area contributed by atoms with Crippen LogP contribution in [0.2, 0.25) is 15.5 Å². The average Bonchev–Trinajstić information content (AvgIpc) is 3.73. The van der Waals surface area contributed by atoms with Crippen LogP contribution in [0.25, 0.3) is 44.3 Å². The molecule has 0 radical (unpaired) electrons. The number of H-pyrrole nitrogens is 1. The summed E-state index contributed by atoms with van der Waals surface area (Å²) in [5.41, 5.74) is 29.5. The van der Waals surface area contributed by atoms with Crippen molar-refractivity contribution in [3.63, 3.8) is 0 Å². The molecule has 0 aliphatic heterocycles. The van der Waals surface area contributed by atoms with Crippen molar-refractivity contribution >= 4 is 103 Å². The number of carbonyl (C=O) groups is 3. The quantitative estimate of drug-likeness (QED) is 0.0296. The van der Waals surface area contributed by atoms with Crippen LogP contribution in [-0.4, -0.2) is 73.7 Å². The van der Waals surface area contributed by atoms with Crippen LogP contribution in [0.1, 0.15) is 11.1 Å². The highest BCUT2D eigenvalue weighted by molar-refractivity contribution is 9.09. The smallest absolute Gasteiger partial charge is 0.239 e. The van der Waals surface area contributed by atoms with Gasteiger partial charge in [0.1, 0.15) is 22.0 Å². The molecule has 4 heterocycles. The number of carbonyl (C=O) groups excluding carboxylic acids is 3. The van der Waals surface area contributed by atoms with E-state index < -0.39 is 11.8 Å². The molecule has 3 amide bonds. The summed E-state index contributed by atoms with van der Waals surface area (Å²) in [6.07, 6.45) is 9.45. The number of rotatable bonds is 11. The van der Waals surface area contributed by atoms with E-state index in [0.717, 1.165) is 49.8 Å². The average molecular weight is 945 g/mol. The lowest BCUT2D eigenvalue weighted by Gasteiger charge is -2.11. The van der Waals surface area contributed by atoms with Crippen LogP contribution in [0.5, 0.6) is 0 Å². The first-order chi connectivity index (χ1) is 29.3. The number of hydrogen-bond acceptors (Lipinski definition) is 11. The van der Waals surface area contributed by atoms with Crippen molar-refractivity contribution < 1.29 is 14.4 Å². The number of anilines is 2. The minimum atomic E-state index is -0.487. The monoisotopic (exact) mass is 942 g/mol. The maximum Gasteiger partial charge on any atom is 0.239 e. The van der Waals surface area contributed by atoms with Gasteiger partial charge in [-0.1, -0.05) is 87.1 Å². The van der Waals surface area contributed by atoms with Crippen molar-refractivity contribution in [2.45, 2.75) is 0 Å². The number of fused-ring (bicyclic) bond motifs is 1. The van der Waals surface area contributed by atoms with Gasteiger partial charge in [0.15, 0.2) is 0 Å². The summed E-state index contributed by atoms with van der Waals surface area (Å²) in [5.74, 6) is -1.28. The molecular formula is C42H38BrCl3N12O3. The zero-order chi connectivity index (χ0) is 44.3. The molecule has 0 fully saturated rings. The van der Waals surface area contributed by atoms with Crippen LogP contribution in [0.3, 0.4) is 0 Å². The highest BCUT2D eigenvalue weighted by Crippen LogP contribution is 2.31. The number of benzene rings is 3. The van der Waals surface area contributed by atoms with Gasteiger partial charge in [-0.05, 0) is 71.3 Å². The van der Waals surface area contributed by atoms with Gasteiger partial charge in [-0.3, -0.25) is 24.5 Å². The molecule has 0 aliphatic rings. The normalized spacial score (nSPS) is 10.3. The lowest BCUT2D eigenvalue weighted by Crippen LogP contribution is -2.22. The molecule has 15 nitrogen and oxygen atoms in total. The SMILES string of the molecule is Clc1ncccc1-c1ccc2cn[nH]c2c1.N=Cc1ccc(-c2cccnc2Cl)cc1NCC(N)=O.NC(=O)CBr.NC(=O)CN=Cc1ccc(-c2cccnc2Cl)cc1N. The van der Waals surface area contributed by atoms with E-state index in [1.54, 1.807) is 55.1 Å². The number of pyridine rings is 3. The molecule has 0 saturated carbocycles. The highest BCUT2D eigenvalue weighted by atomic mass is 79.9. The first-order valence-corrected chi connectivity index (χ1v) is 20.0. The number of aliphatic imine (C=N–C) groups is 1. The molecule has 0 aliphatic carbocycles. The summed E-state index contributed by atoms with van der Waals surface area (Å²) in [6.45, 7) is -0.0549. The second-order valence-corrected chi connectivity index (χ2v) is 14.0. The summed E-state index contributed by atoms with van der Waals surface area (Å²) >= 11 is 21.0. The van der Waals surface area contributed by atoms with Crippen LogP contribution < -0.4 is 28.3 Å². The zero-order valence-electron chi connectivity index (χ0n) is 32.0. The number of aromatic amines is 1. The minimum Gasteiger partial charge on any atom is -0.398 e. The zero-order valence-corrected chi connectivity index (χ0v) is 35.9. The summed E-state index contributed by atoms with van der Waals surface area (Å²) in [4.78, 5) is 47.0. The molecule has 0 saturated heterocycles. The number of nitrogens with one attached hydrogen (secondary N) is 3. The Bertz CT molecular complexity index is 2660. The fraction of sp³-hybridized carbons (Fsp3) is 0.0714. The first-order valence-electron chi connectivity index (χ1n) is 17.8. The molecule has 4 aromatic heterocycles. The third kappa shape index (κ3) is 14.5. The molecule has 11 N–H and O–H groups in total. The Morgan fingerprint density at radius 2 is 1.23 bits per heavy atom. The summed E-state index contributed by atoms with van der Waals surface area (Å²) < 4.78 is 0. The number of hydrogen-bond donors (Lipinski definition) is 7. The number of nitrogens with two attached hydrogens (primary N) is 4. The van der Waals surface area contributed by atoms with Gasteiger partial charge >= 0.3 is 0 Å². The van der Waals surface area contributed by atoms with Gasteiger partial charge in [-0.2, -0.15) is 5.10 Å². The molecule has 7 rings (SSSR count). The van der Waals surface area contributed by atoms with E-state index >= 15 is 0 Å². The van der Waals surface area contributed by atoms with Crippen molar-refractivity contribution in [2.24, 2.45) is 22.2 Å². The minimum absolute atomic E-state index is 0.00502. The lowest BCUT2D eigenvalue weighted by atomic mass is 10.0. The molecule has 0 spiro atoms. The number of aromatic nitrogens is 5. The Morgan fingerprint density at radius 1 is 0.721 bits per heavy atom. The molecule has 3 aromatic carbocycles.